The van der Waals surface area contributed by atoms with Crippen LogP contribution in [0.3, 0.4) is 0 Å². The van der Waals surface area contributed by atoms with E-state index >= 15 is 0 Å². The van der Waals surface area contributed by atoms with Crippen molar-refractivity contribution in [2.24, 2.45) is 0 Å². The van der Waals surface area contributed by atoms with Crippen LogP contribution in [0, 0.1) is 6.92 Å². The largest absolute Gasteiger partial charge is 0.216 e. The zero-order chi connectivity index (χ0) is 14.3. The lowest BCUT2D eigenvalue weighted by molar-refractivity contribution is 0.899. The molecule has 0 aliphatic carbocycles. The summed E-state index contributed by atoms with van der Waals surface area (Å²) >= 11 is 18.6. The Kier molecular flexibility index (Phi) is 3.59. The number of rotatable bonds is 2. The highest BCUT2D eigenvalue weighted by molar-refractivity contribution is 6.35. The zero-order valence-electron chi connectivity index (χ0n) is 10.6. The van der Waals surface area contributed by atoms with Crippen molar-refractivity contribution >= 4 is 40.4 Å². The molecule has 0 radical (unpaired) electrons. The first kappa shape index (κ1) is 13.7. The van der Waals surface area contributed by atoms with E-state index in [1.165, 1.54) is 0 Å². The minimum atomic E-state index is 0.391. The van der Waals surface area contributed by atoms with Gasteiger partial charge in [0.05, 0.1) is 5.69 Å². The molecule has 3 nitrogen and oxygen atoms in total. The van der Waals surface area contributed by atoms with Crippen LogP contribution < -0.4 is 0 Å². The molecule has 102 valence electrons. The molecule has 1 aromatic carbocycles. The molecule has 3 aromatic rings. The molecule has 20 heavy (non-hydrogen) atoms. The summed E-state index contributed by atoms with van der Waals surface area (Å²) < 4.78 is 1.60. The van der Waals surface area contributed by atoms with Gasteiger partial charge in [0.1, 0.15) is 10.3 Å². The summed E-state index contributed by atoms with van der Waals surface area (Å²) in [4.78, 5) is 4.32. The lowest BCUT2D eigenvalue weighted by Crippen LogP contribution is -2.01. The number of nitrogens with zero attached hydrogens (tertiary/aromatic N) is 3. The van der Waals surface area contributed by atoms with Gasteiger partial charge in [0.2, 0.25) is 0 Å². The smallest absolute Gasteiger partial charge is 0.158 e. The third kappa shape index (κ3) is 2.49. The van der Waals surface area contributed by atoms with E-state index in [9.17, 15) is 0 Å². The molecule has 0 unspecified atom stereocenters. The second-order valence-corrected chi connectivity index (χ2v) is 5.69. The van der Waals surface area contributed by atoms with Crippen LogP contribution in [0.1, 0.15) is 16.8 Å². The van der Waals surface area contributed by atoms with Crippen LogP contribution >= 0.6 is 34.8 Å². The maximum atomic E-state index is 6.39. The average molecular weight is 327 g/mol. The van der Waals surface area contributed by atoms with Crippen molar-refractivity contribution in [3.63, 3.8) is 0 Å². The number of aromatic nitrogens is 3. The fraction of sp³-hybridized carbons (Fsp3) is 0.143. The Morgan fingerprint density at radius 2 is 1.95 bits per heavy atom. The van der Waals surface area contributed by atoms with Crippen molar-refractivity contribution < 1.29 is 0 Å². The predicted octanol–water partition coefficient (Wildman–Crippen LogP) is 4.59. The highest BCUT2D eigenvalue weighted by Gasteiger charge is 2.14. The highest BCUT2D eigenvalue weighted by Crippen LogP contribution is 2.27. The summed E-state index contributed by atoms with van der Waals surface area (Å²) in [6.07, 6.45) is 0.556. The van der Waals surface area contributed by atoms with Gasteiger partial charge in [-0.3, -0.25) is 0 Å². The van der Waals surface area contributed by atoms with Crippen LogP contribution in [-0.2, 0) is 6.42 Å². The van der Waals surface area contributed by atoms with E-state index in [2.05, 4.69) is 10.1 Å². The minimum absolute atomic E-state index is 0.391. The number of halogens is 3. The van der Waals surface area contributed by atoms with Gasteiger partial charge in [0, 0.05) is 23.1 Å². The zero-order valence-corrected chi connectivity index (χ0v) is 12.8. The third-order valence-corrected chi connectivity index (χ3v) is 3.92. The van der Waals surface area contributed by atoms with Crippen molar-refractivity contribution in [3.05, 3.63) is 62.5 Å². The fourth-order valence-electron chi connectivity index (χ4n) is 2.09. The lowest BCUT2D eigenvalue weighted by atomic mass is 10.1. The van der Waals surface area contributed by atoms with Gasteiger partial charge in [-0.1, -0.05) is 46.9 Å². The van der Waals surface area contributed by atoms with E-state index in [-0.39, 0.29) is 0 Å². The van der Waals surface area contributed by atoms with Crippen molar-refractivity contribution in [2.75, 3.05) is 0 Å². The van der Waals surface area contributed by atoms with E-state index in [0.717, 1.165) is 16.8 Å². The standard InChI is InChI=1S/C14H10Cl3N3/c1-8-5-12-18-13(16)11(14(17)20(12)19-8)7-9-3-2-4-10(15)6-9/h2-6H,7H2,1H3. The monoisotopic (exact) mass is 325 g/mol. The molecule has 6 heteroatoms. The van der Waals surface area contributed by atoms with E-state index in [1.807, 2.05) is 37.3 Å². The molecule has 0 aliphatic heterocycles. The Labute approximate surface area is 131 Å². The molecule has 0 spiro atoms. The molecule has 0 fully saturated rings. The van der Waals surface area contributed by atoms with Gasteiger partial charge in [0.25, 0.3) is 0 Å². The first-order chi connectivity index (χ1) is 9.54. The summed E-state index contributed by atoms with van der Waals surface area (Å²) in [6.45, 7) is 1.88. The van der Waals surface area contributed by atoms with Crippen molar-refractivity contribution in [1.29, 1.82) is 0 Å². The van der Waals surface area contributed by atoms with E-state index in [0.29, 0.717) is 27.4 Å². The van der Waals surface area contributed by atoms with Crippen LogP contribution in [0.4, 0.5) is 0 Å². The van der Waals surface area contributed by atoms with Crippen molar-refractivity contribution in [3.8, 4) is 0 Å². The van der Waals surface area contributed by atoms with Crippen LogP contribution in [0.5, 0.6) is 0 Å². The first-order valence-corrected chi connectivity index (χ1v) is 7.12. The Morgan fingerprint density at radius 1 is 1.15 bits per heavy atom. The SMILES string of the molecule is Cc1cc2nc(Cl)c(Cc3cccc(Cl)c3)c(Cl)n2n1. The minimum Gasteiger partial charge on any atom is -0.216 e. The second-order valence-electron chi connectivity index (χ2n) is 4.53. The molecule has 0 atom stereocenters. The van der Waals surface area contributed by atoms with E-state index < -0.39 is 0 Å². The summed E-state index contributed by atoms with van der Waals surface area (Å²) in [5, 5.41) is 5.86. The van der Waals surface area contributed by atoms with Gasteiger partial charge in [-0.25, -0.2) is 9.50 Å². The third-order valence-electron chi connectivity index (χ3n) is 2.98. The number of aryl methyl sites for hydroxylation is 1. The molecule has 0 saturated heterocycles. The molecular formula is C14H10Cl3N3. The number of fused-ring (bicyclic) bond motifs is 1. The van der Waals surface area contributed by atoms with Crippen LogP contribution in [0.15, 0.2) is 30.3 Å². The topological polar surface area (TPSA) is 30.2 Å². The second kappa shape index (κ2) is 5.24. The number of hydrogen-bond acceptors (Lipinski definition) is 2. The predicted molar refractivity (Wildman–Crippen MR) is 82.0 cm³/mol. The summed E-state index contributed by atoms with van der Waals surface area (Å²) in [7, 11) is 0. The Balaban J connectivity index is 2.11. The Morgan fingerprint density at radius 3 is 2.70 bits per heavy atom. The molecule has 0 aliphatic rings. The first-order valence-electron chi connectivity index (χ1n) is 5.99. The molecule has 2 aromatic heterocycles. The molecule has 0 N–H and O–H groups in total. The molecule has 2 heterocycles. The normalized spacial score (nSPS) is 11.2. The van der Waals surface area contributed by atoms with Gasteiger partial charge in [-0.05, 0) is 24.6 Å². The molecule has 0 saturated carbocycles. The quantitative estimate of drug-likeness (QED) is 0.645. The van der Waals surface area contributed by atoms with Gasteiger partial charge < -0.3 is 0 Å². The highest BCUT2D eigenvalue weighted by atomic mass is 35.5. The van der Waals surface area contributed by atoms with Gasteiger partial charge in [0.15, 0.2) is 5.65 Å². The molecule has 0 amide bonds. The maximum absolute atomic E-state index is 6.39. The number of benzene rings is 1. The van der Waals surface area contributed by atoms with Gasteiger partial charge in [-0.2, -0.15) is 5.10 Å². The van der Waals surface area contributed by atoms with Crippen LogP contribution in [0.2, 0.25) is 15.3 Å². The summed E-state index contributed by atoms with van der Waals surface area (Å²) in [5.41, 5.74) is 3.25. The molecular weight excluding hydrogens is 317 g/mol. The number of hydrogen-bond donors (Lipinski definition) is 0. The lowest BCUT2D eigenvalue weighted by Gasteiger charge is -2.08. The summed E-state index contributed by atoms with van der Waals surface area (Å²) in [6, 6.07) is 9.40. The van der Waals surface area contributed by atoms with E-state index in [4.69, 9.17) is 34.8 Å². The van der Waals surface area contributed by atoms with Crippen LogP contribution in [0.25, 0.3) is 5.65 Å². The maximum Gasteiger partial charge on any atom is 0.158 e. The Hall–Kier alpha value is -1.29. The van der Waals surface area contributed by atoms with Gasteiger partial charge in [-0.15, -0.1) is 0 Å². The van der Waals surface area contributed by atoms with Crippen molar-refractivity contribution in [2.45, 2.75) is 13.3 Å². The van der Waals surface area contributed by atoms with Crippen LogP contribution in [-0.4, -0.2) is 14.6 Å². The summed E-state index contributed by atoms with van der Waals surface area (Å²) in [5.74, 6) is 0. The average Bonchev–Trinajstić information content (AvgIpc) is 2.75. The Bertz CT molecular complexity index is 796. The van der Waals surface area contributed by atoms with E-state index in [1.54, 1.807) is 4.52 Å². The molecule has 0 bridgehead atoms. The fourth-order valence-corrected chi connectivity index (χ4v) is 2.87. The van der Waals surface area contributed by atoms with Crippen molar-refractivity contribution in [1.82, 2.24) is 14.6 Å². The van der Waals surface area contributed by atoms with Gasteiger partial charge >= 0.3 is 0 Å². The molecule has 3 rings (SSSR count).